The largest absolute Gasteiger partial charge is 0.482 e. The molecule has 0 spiro atoms. The van der Waals surface area contributed by atoms with Crippen LogP contribution in [0.25, 0.3) is 21.2 Å². The lowest BCUT2D eigenvalue weighted by Gasteiger charge is -2.07. The summed E-state index contributed by atoms with van der Waals surface area (Å²) in [5.41, 5.74) is 1.21. The normalized spacial score (nSPS) is 10.5. The zero-order valence-electron chi connectivity index (χ0n) is 11.5. The van der Waals surface area contributed by atoms with Crippen LogP contribution in [-0.4, -0.2) is 19.7 Å². The SMILES string of the molecule is COC(=O)COc1ccc2cc(-c3cccs3)ccc2c1. The smallest absolute Gasteiger partial charge is 0.343 e. The van der Waals surface area contributed by atoms with E-state index >= 15 is 0 Å². The van der Waals surface area contributed by atoms with Gasteiger partial charge >= 0.3 is 5.97 Å². The Morgan fingerprint density at radius 3 is 2.67 bits per heavy atom. The first kappa shape index (κ1) is 13.6. The zero-order chi connectivity index (χ0) is 14.7. The highest BCUT2D eigenvalue weighted by molar-refractivity contribution is 7.13. The number of fused-ring (bicyclic) bond motifs is 1. The van der Waals surface area contributed by atoms with Gasteiger partial charge < -0.3 is 9.47 Å². The van der Waals surface area contributed by atoms with E-state index in [0.717, 1.165) is 10.8 Å². The van der Waals surface area contributed by atoms with E-state index in [1.807, 2.05) is 24.3 Å². The molecule has 0 aliphatic heterocycles. The minimum absolute atomic E-state index is 0.0741. The second-order valence-corrected chi connectivity index (χ2v) is 5.51. The molecule has 0 aliphatic rings. The fourth-order valence-electron chi connectivity index (χ4n) is 2.11. The monoisotopic (exact) mass is 298 g/mol. The first-order chi connectivity index (χ1) is 10.3. The van der Waals surface area contributed by atoms with Crippen LogP contribution in [0.5, 0.6) is 5.75 Å². The van der Waals surface area contributed by atoms with E-state index in [0.29, 0.717) is 5.75 Å². The summed E-state index contributed by atoms with van der Waals surface area (Å²) in [5, 5.41) is 4.30. The molecule has 0 N–H and O–H groups in total. The van der Waals surface area contributed by atoms with E-state index in [1.54, 1.807) is 11.3 Å². The van der Waals surface area contributed by atoms with Gasteiger partial charge in [-0.2, -0.15) is 0 Å². The first-order valence-corrected chi connectivity index (χ1v) is 7.41. The molecule has 2 aromatic carbocycles. The van der Waals surface area contributed by atoms with Gasteiger partial charge in [0.05, 0.1) is 7.11 Å². The van der Waals surface area contributed by atoms with Crippen LogP contribution in [0.1, 0.15) is 0 Å². The molecule has 0 radical (unpaired) electrons. The maximum atomic E-state index is 11.1. The molecule has 4 heteroatoms. The van der Waals surface area contributed by atoms with E-state index in [-0.39, 0.29) is 12.6 Å². The van der Waals surface area contributed by atoms with Gasteiger partial charge in [0.15, 0.2) is 6.61 Å². The highest BCUT2D eigenvalue weighted by Crippen LogP contribution is 2.29. The fourth-order valence-corrected chi connectivity index (χ4v) is 2.83. The number of carbonyl (C=O) groups is 1. The Bertz CT molecular complexity index is 763. The van der Waals surface area contributed by atoms with Gasteiger partial charge in [-0.1, -0.05) is 24.3 Å². The molecule has 0 unspecified atom stereocenters. The van der Waals surface area contributed by atoms with Crippen molar-refractivity contribution in [2.24, 2.45) is 0 Å². The summed E-state index contributed by atoms with van der Waals surface area (Å²) in [6, 6.07) is 16.3. The van der Waals surface area contributed by atoms with Gasteiger partial charge in [0.25, 0.3) is 0 Å². The Morgan fingerprint density at radius 1 is 1.10 bits per heavy atom. The summed E-state index contributed by atoms with van der Waals surface area (Å²) < 4.78 is 9.95. The topological polar surface area (TPSA) is 35.5 Å². The van der Waals surface area contributed by atoms with Crippen molar-refractivity contribution in [3.63, 3.8) is 0 Å². The van der Waals surface area contributed by atoms with Gasteiger partial charge in [-0.05, 0) is 46.0 Å². The van der Waals surface area contributed by atoms with Gasteiger partial charge in [0.2, 0.25) is 0 Å². The summed E-state index contributed by atoms with van der Waals surface area (Å²) in [5.74, 6) is 0.278. The van der Waals surface area contributed by atoms with Gasteiger partial charge in [0, 0.05) is 4.88 Å². The summed E-state index contributed by atoms with van der Waals surface area (Å²) in [4.78, 5) is 12.3. The molecule has 0 saturated heterocycles. The summed E-state index contributed by atoms with van der Waals surface area (Å²) >= 11 is 1.73. The van der Waals surface area contributed by atoms with E-state index < -0.39 is 0 Å². The Morgan fingerprint density at radius 2 is 1.90 bits per heavy atom. The van der Waals surface area contributed by atoms with Gasteiger partial charge in [-0.25, -0.2) is 4.79 Å². The number of hydrogen-bond acceptors (Lipinski definition) is 4. The average molecular weight is 298 g/mol. The third-order valence-corrected chi connectivity index (χ3v) is 4.12. The van der Waals surface area contributed by atoms with Gasteiger partial charge in [-0.15, -0.1) is 11.3 Å². The van der Waals surface area contributed by atoms with Crippen LogP contribution in [0.2, 0.25) is 0 Å². The van der Waals surface area contributed by atoms with Crippen LogP contribution in [-0.2, 0) is 9.53 Å². The molecule has 0 aliphatic carbocycles. The number of rotatable bonds is 4. The third kappa shape index (κ3) is 3.06. The van der Waals surface area contributed by atoms with Crippen molar-refractivity contribution >= 4 is 28.1 Å². The van der Waals surface area contributed by atoms with Gasteiger partial charge in [-0.3, -0.25) is 0 Å². The van der Waals surface area contributed by atoms with Crippen molar-refractivity contribution < 1.29 is 14.3 Å². The molecule has 21 heavy (non-hydrogen) atoms. The first-order valence-electron chi connectivity index (χ1n) is 6.53. The molecule has 106 valence electrons. The molecule has 3 aromatic rings. The second kappa shape index (κ2) is 5.97. The molecule has 0 atom stereocenters. The minimum atomic E-state index is -0.386. The second-order valence-electron chi connectivity index (χ2n) is 4.57. The van der Waals surface area contributed by atoms with E-state index in [1.165, 1.54) is 17.6 Å². The van der Waals surface area contributed by atoms with Crippen LogP contribution in [0, 0.1) is 0 Å². The number of methoxy groups -OCH3 is 1. The highest BCUT2D eigenvalue weighted by Gasteiger charge is 2.04. The van der Waals surface area contributed by atoms with Crippen molar-refractivity contribution in [1.29, 1.82) is 0 Å². The maximum absolute atomic E-state index is 11.1. The van der Waals surface area contributed by atoms with Gasteiger partial charge in [0.1, 0.15) is 5.75 Å². The van der Waals surface area contributed by atoms with E-state index in [4.69, 9.17) is 4.74 Å². The molecule has 1 aromatic heterocycles. The van der Waals surface area contributed by atoms with Crippen molar-refractivity contribution in [2.75, 3.05) is 13.7 Å². The van der Waals surface area contributed by atoms with Crippen molar-refractivity contribution in [3.8, 4) is 16.2 Å². The van der Waals surface area contributed by atoms with Crippen LogP contribution in [0.4, 0.5) is 0 Å². The molecule has 0 fully saturated rings. The number of ether oxygens (including phenoxy) is 2. The molecule has 1 heterocycles. The molecule has 3 rings (SSSR count). The lowest BCUT2D eigenvalue weighted by molar-refractivity contribution is -0.142. The molecule has 0 bridgehead atoms. The summed E-state index contributed by atoms with van der Waals surface area (Å²) in [7, 11) is 1.35. The molecule has 3 nitrogen and oxygen atoms in total. The molecule has 0 amide bonds. The predicted molar refractivity (Wildman–Crippen MR) is 84.8 cm³/mol. The molecular formula is C17H14O3S. The minimum Gasteiger partial charge on any atom is -0.482 e. The van der Waals surface area contributed by atoms with Crippen molar-refractivity contribution in [1.82, 2.24) is 0 Å². The van der Waals surface area contributed by atoms with Crippen LogP contribution < -0.4 is 4.74 Å². The highest BCUT2D eigenvalue weighted by atomic mass is 32.1. The molecular weight excluding hydrogens is 284 g/mol. The predicted octanol–water partition coefficient (Wildman–Crippen LogP) is 4.12. The zero-order valence-corrected chi connectivity index (χ0v) is 12.4. The van der Waals surface area contributed by atoms with Crippen LogP contribution in [0.15, 0.2) is 53.9 Å². The lowest BCUT2D eigenvalue weighted by atomic mass is 10.1. The quantitative estimate of drug-likeness (QED) is 0.680. The maximum Gasteiger partial charge on any atom is 0.343 e. The van der Waals surface area contributed by atoms with Crippen molar-refractivity contribution in [3.05, 3.63) is 53.9 Å². The Labute approximate surface area is 126 Å². The third-order valence-electron chi connectivity index (χ3n) is 3.20. The Hall–Kier alpha value is -2.33. The Kier molecular flexibility index (Phi) is 3.88. The van der Waals surface area contributed by atoms with Crippen molar-refractivity contribution in [2.45, 2.75) is 0 Å². The average Bonchev–Trinajstić information content (AvgIpc) is 3.06. The molecule has 0 saturated carbocycles. The number of hydrogen-bond donors (Lipinski definition) is 0. The fraction of sp³-hybridized carbons (Fsp3) is 0.118. The lowest BCUT2D eigenvalue weighted by Crippen LogP contribution is -2.12. The standard InChI is InChI=1S/C17H14O3S/c1-19-17(18)11-20-15-7-6-12-9-14(5-4-13(12)10-15)16-3-2-8-21-16/h2-10H,11H2,1H3. The number of esters is 1. The van der Waals surface area contributed by atoms with E-state index in [9.17, 15) is 4.79 Å². The Balaban J connectivity index is 1.86. The summed E-state index contributed by atoms with van der Waals surface area (Å²) in [6.45, 7) is -0.0741. The number of carbonyl (C=O) groups excluding carboxylic acids is 1. The summed E-state index contributed by atoms with van der Waals surface area (Å²) in [6.07, 6.45) is 0. The van der Waals surface area contributed by atoms with Crippen LogP contribution in [0.3, 0.4) is 0 Å². The van der Waals surface area contributed by atoms with Crippen LogP contribution >= 0.6 is 11.3 Å². The number of thiophene rings is 1. The van der Waals surface area contributed by atoms with E-state index in [2.05, 4.69) is 34.4 Å². The number of benzene rings is 2.